The summed E-state index contributed by atoms with van der Waals surface area (Å²) >= 11 is 0. The van der Waals surface area contributed by atoms with Gasteiger partial charge in [-0.05, 0) is 37.5 Å². The number of amides is 1. The van der Waals surface area contributed by atoms with E-state index in [9.17, 15) is 19.1 Å². The number of carbonyl (C=O) groups excluding carboxylic acids is 1. The van der Waals surface area contributed by atoms with E-state index in [1.165, 1.54) is 23.0 Å². The highest BCUT2D eigenvalue weighted by Crippen LogP contribution is 2.34. The molecule has 2 N–H and O–H groups in total. The average molecular weight is 423 g/mol. The van der Waals surface area contributed by atoms with Crippen molar-refractivity contribution in [2.24, 2.45) is 13.0 Å². The summed E-state index contributed by atoms with van der Waals surface area (Å²) in [6.45, 7) is 5.33. The van der Waals surface area contributed by atoms with Gasteiger partial charge in [0.15, 0.2) is 0 Å². The van der Waals surface area contributed by atoms with Gasteiger partial charge in [0.2, 0.25) is 5.91 Å². The molecule has 0 aromatic carbocycles. The Morgan fingerprint density at radius 3 is 2.81 bits per heavy atom. The molecule has 1 aliphatic carbocycles. The molecule has 3 heterocycles. The lowest BCUT2D eigenvalue weighted by molar-refractivity contribution is -0.117. The van der Waals surface area contributed by atoms with E-state index in [1.54, 1.807) is 32.2 Å². The van der Waals surface area contributed by atoms with Crippen molar-refractivity contribution < 1.29 is 15.7 Å². The maximum atomic E-state index is 13.1. The quantitative estimate of drug-likeness (QED) is 0.594. The first-order valence-electron chi connectivity index (χ1n) is 10.4. The maximum Gasteiger partial charge on any atom is 0.258 e. The minimum Gasteiger partial charge on any atom is -0.386 e. The molecule has 1 saturated carbocycles. The Morgan fingerprint density at radius 1 is 1.42 bits per heavy atom. The Bertz CT molecular complexity index is 1300. The second kappa shape index (κ2) is 8.03. The number of hydrogen-bond donors (Lipinski definition) is 2. The van der Waals surface area contributed by atoms with Crippen molar-refractivity contribution in [3.8, 4) is 11.1 Å². The van der Waals surface area contributed by atoms with Crippen LogP contribution in [0.5, 0.6) is 0 Å². The summed E-state index contributed by atoms with van der Waals surface area (Å²) in [4.78, 5) is 33.5. The predicted molar refractivity (Wildman–Crippen MR) is 116 cm³/mol. The van der Waals surface area contributed by atoms with E-state index in [4.69, 9.17) is 1.37 Å². The highest BCUT2D eigenvalue weighted by Gasteiger charge is 2.43. The van der Waals surface area contributed by atoms with Crippen LogP contribution in [0.3, 0.4) is 0 Å². The Balaban J connectivity index is 1.72. The van der Waals surface area contributed by atoms with Gasteiger partial charge in [-0.2, -0.15) is 0 Å². The molecule has 160 valence electrons. The topological polar surface area (TPSA) is 97.1 Å². The monoisotopic (exact) mass is 423 g/mol. The number of anilines is 1. The van der Waals surface area contributed by atoms with Crippen molar-refractivity contribution in [1.29, 1.82) is 0 Å². The van der Waals surface area contributed by atoms with Gasteiger partial charge in [-0.15, -0.1) is 6.58 Å². The zero-order valence-corrected chi connectivity index (χ0v) is 17.2. The van der Waals surface area contributed by atoms with Gasteiger partial charge in [-0.3, -0.25) is 14.6 Å². The highest BCUT2D eigenvalue weighted by atomic mass is 19.1. The van der Waals surface area contributed by atoms with E-state index < -0.39 is 24.1 Å². The number of nitrogens with one attached hydrogen (secondary N) is 1. The predicted octanol–water partition coefficient (Wildman–Crippen LogP) is 3.21. The molecular formula is C23H23FN4O3. The number of halogens is 1. The molecule has 0 saturated heterocycles. The fraction of sp³-hybridized carbons (Fsp3) is 0.304. The molecular weight excluding hydrogens is 399 g/mol. The van der Waals surface area contributed by atoms with Crippen molar-refractivity contribution in [2.45, 2.75) is 32.0 Å². The molecule has 0 unspecified atom stereocenters. The molecule has 3 atom stereocenters. The summed E-state index contributed by atoms with van der Waals surface area (Å²) in [5, 5.41) is 13.5. The van der Waals surface area contributed by atoms with Crippen LogP contribution in [0.15, 0.2) is 48.0 Å². The normalized spacial score (nSPS) is 20.1. The Morgan fingerprint density at radius 2 is 2.16 bits per heavy atom. The number of aryl methyl sites for hydroxylation is 2. The third-order valence-electron chi connectivity index (χ3n) is 5.44. The average Bonchev–Trinajstić information content (AvgIpc) is 3.48. The standard InChI is InChI=1S/C23H23FN4O3/c1-4-5-20(29)18-6-12(2)16(11-25-18)14-7-13-10-26-21(9-19(13)28(3)23(14)31)27-22(30)15-8-17(15)24/h4,6-7,9-11,15,17,20,29H,1,5,8H2,2-3H3,(H,26,27,30)/t15-,17+,20+/m0/s1/i20D. The van der Waals surface area contributed by atoms with Crippen LogP contribution in [0.1, 0.15) is 31.5 Å². The van der Waals surface area contributed by atoms with Crippen LogP contribution < -0.4 is 10.9 Å². The molecule has 4 rings (SSSR count). The summed E-state index contributed by atoms with van der Waals surface area (Å²) in [6, 6.07) is 4.86. The molecule has 0 radical (unpaired) electrons. The molecule has 8 heteroatoms. The number of nitrogens with zero attached hydrogens (tertiary/aromatic N) is 3. The van der Waals surface area contributed by atoms with E-state index in [0.717, 1.165) is 0 Å². The number of pyridine rings is 3. The number of fused-ring (bicyclic) bond motifs is 1. The van der Waals surface area contributed by atoms with Crippen LogP contribution in [0.25, 0.3) is 22.0 Å². The Hall–Kier alpha value is -3.39. The van der Waals surface area contributed by atoms with Crippen molar-refractivity contribution in [1.82, 2.24) is 14.5 Å². The van der Waals surface area contributed by atoms with Crippen molar-refractivity contribution in [3.05, 3.63) is 64.9 Å². The fourth-order valence-electron chi connectivity index (χ4n) is 3.52. The maximum absolute atomic E-state index is 13.1. The Kier molecular flexibility index (Phi) is 5.07. The molecule has 0 spiro atoms. The van der Waals surface area contributed by atoms with Crippen molar-refractivity contribution in [2.75, 3.05) is 5.32 Å². The summed E-state index contributed by atoms with van der Waals surface area (Å²) < 4.78 is 22.6. The molecule has 1 fully saturated rings. The summed E-state index contributed by atoms with van der Waals surface area (Å²) in [7, 11) is 1.61. The number of alkyl halides is 1. The van der Waals surface area contributed by atoms with E-state index in [1.807, 2.05) is 0 Å². The number of aromatic nitrogens is 3. The molecule has 0 aliphatic heterocycles. The van der Waals surface area contributed by atoms with Gasteiger partial charge in [0, 0.05) is 42.0 Å². The van der Waals surface area contributed by atoms with Gasteiger partial charge in [0.05, 0.1) is 24.6 Å². The smallest absolute Gasteiger partial charge is 0.258 e. The third-order valence-corrected chi connectivity index (χ3v) is 5.44. The van der Waals surface area contributed by atoms with E-state index >= 15 is 0 Å². The zero-order chi connectivity index (χ0) is 23.2. The van der Waals surface area contributed by atoms with Crippen LogP contribution in [-0.4, -0.2) is 31.7 Å². The summed E-state index contributed by atoms with van der Waals surface area (Å²) in [5.41, 5.74) is 2.10. The number of rotatable bonds is 6. The second-order valence-corrected chi connectivity index (χ2v) is 7.72. The molecule has 1 aliphatic rings. The van der Waals surface area contributed by atoms with Crippen LogP contribution in [0.4, 0.5) is 10.2 Å². The number of aliphatic hydroxyl groups is 1. The largest absolute Gasteiger partial charge is 0.386 e. The lowest BCUT2D eigenvalue weighted by Crippen LogP contribution is -2.20. The first kappa shape index (κ1) is 19.6. The van der Waals surface area contributed by atoms with E-state index in [0.29, 0.717) is 27.6 Å². The van der Waals surface area contributed by atoms with E-state index in [2.05, 4.69) is 21.9 Å². The Labute approximate surface area is 179 Å². The van der Waals surface area contributed by atoms with Crippen molar-refractivity contribution in [3.63, 3.8) is 0 Å². The lowest BCUT2D eigenvalue weighted by atomic mass is 10.0. The lowest BCUT2D eigenvalue weighted by Gasteiger charge is -2.14. The third kappa shape index (κ3) is 3.98. The molecule has 31 heavy (non-hydrogen) atoms. The van der Waals surface area contributed by atoms with Gasteiger partial charge in [0.25, 0.3) is 5.56 Å². The number of carbonyl (C=O) groups is 1. The minimum absolute atomic E-state index is 0.0216. The van der Waals surface area contributed by atoms with Crippen molar-refractivity contribution >= 4 is 22.6 Å². The first-order valence-corrected chi connectivity index (χ1v) is 9.88. The highest BCUT2D eigenvalue weighted by molar-refractivity contribution is 5.95. The van der Waals surface area contributed by atoms with Gasteiger partial charge < -0.3 is 15.0 Å². The van der Waals surface area contributed by atoms with Crippen LogP contribution in [0, 0.1) is 12.8 Å². The van der Waals surface area contributed by atoms with Gasteiger partial charge in [-0.25, -0.2) is 9.37 Å². The van der Waals surface area contributed by atoms with Crippen LogP contribution in [0.2, 0.25) is 0 Å². The fourth-order valence-corrected chi connectivity index (χ4v) is 3.52. The molecule has 3 aromatic rings. The zero-order valence-electron chi connectivity index (χ0n) is 18.2. The molecule has 3 aromatic heterocycles. The first-order chi connectivity index (χ1) is 15.1. The molecule has 0 bridgehead atoms. The summed E-state index contributed by atoms with van der Waals surface area (Å²) in [6.07, 6.45) is 1.70. The minimum atomic E-state index is -1.90. The van der Waals surface area contributed by atoms with Gasteiger partial charge in [0.1, 0.15) is 12.0 Å². The van der Waals surface area contributed by atoms with Gasteiger partial charge >= 0.3 is 0 Å². The molecule has 1 amide bonds. The number of hydrogen-bond acceptors (Lipinski definition) is 5. The molecule has 7 nitrogen and oxygen atoms in total. The van der Waals surface area contributed by atoms with Crippen LogP contribution >= 0.6 is 0 Å². The second-order valence-electron chi connectivity index (χ2n) is 7.72. The SMILES string of the molecule is [2H][C@@](O)(CC=C)c1cc(C)c(-c2cc3cnc(NC(=O)[C@H]4C[C@H]4F)cc3n(C)c2=O)cn1. The van der Waals surface area contributed by atoms with Crippen LogP contribution in [-0.2, 0) is 11.8 Å². The van der Waals surface area contributed by atoms with E-state index in [-0.39, 0.29) is 29.9 Å². The summed E-state index contributed by atoms with van der Waals surface area (Å²) in [5.74, 6) is -0.799. The van der Waals surface area contributed by atoms with Gasteiger partial charge in [-0.1, -0.05) is 6.08 Å².